The molecule has 4 heteroatoms. The number of hydrogen-bond donors (Lipinski definition) is 1. The Hall–Kier alpha value is -1.03. The lowest BCUT2D eigenvalue weighted by Gasteiger charge is -2.27. The zero-order valence-electron chi connectivity index (χ0n) is 12.3. The van der Waals surface area contributed by atoms with Crippen molar-refractivity contribution in [3.8, 4) is 0 Å². The zero-order valence-corrected chi connectivity index (χ0v) is 12.3. The van der Waals surface area contributed by atoms with Gasteiger partial charge in [-0.05, 0) is 38.6 Å². The molecule has 1 aromatic rings. The summed E-state index contributed by atoms with van der Waals surface area (Å²) in [6.07, 6.45) is 15.0. The Kier molecular flexibility index (Phi) is 3.42. The minimum atomic E-state index is 0.644. The number of aromatic nitrogens is 2. The van der Waals surface area contributed by atoms with Crippen molar-refractivity contribution in [1.29, 1.82) is 0 Å². The Morgan fingerprint density at radius 2 is 1.85 bits per heavy atom. The lowest BCUT2D eigenvalue weighted by atomic mass is 9.96. The van der Waals surface area contributed by atoms with Crippen molar-refractivity contribution in [3.05, 3.63) is 12.4 Å². The first-order chi connectivity index (χ1) is 9.92. The lowest BCUT2D eigenvalue weighted by Crippen LogP contribution is -2.29. The molecular weight excluding hydrogens is 248 g/mol. The second-order valence-electron chi connectivity index (χ2n) is 6.74. The van der Waals surface area contributed by atoms with Gasteiger partial charge in [0.2, 0.25) is 5.95 Å². The quantitative estimate of drug-likeness (QED) is 0.919. The van der Waals surface area contributed by atoms with Gasteiger partial charge in [-0.15, -0.1) is 0 Å². The second-order valence-corrected chi connectivity index (χ2v) is 6.74. The van der Waals surface area contributed by atoms with Crippen LogP contribution in [0.1, 0.15) is 57.4 Å². The maximum absolute atomic E-state index is 4.60. The Balaban J connectivity index is 1.49. The fourth-order valence-corrected chi connectivity index (χ4v) is 4.50. The summed E-state index contributed by atoms with van der Waals surface area (Å²) in [5, 5.41) is 3.72. The minimum absolute atomic E-state index is 0.644. The topological polar surface area (TPSA) is 33.1 Å². The number of nitrogens with one attached hydrogen (secondary N) is 1. The highest BCUT2D eigenvalue weighted by Gasteiger charge is 2.38. The van der Waals surface area contributed by atoms with Gasteiger partial charge in [-0.1, -0.05) is 19.3 Å². The Morgan fingerprint density at radius 1 is 0.950 bits per heavy atom. The van der Waals surface area contributed by atoms with Crippen LogP contribution in [0.3, 0.4) is 0 Å². The van der Waals surface area contributed by atoms with Gasteiger partial charge in [-0.3, -0.25) is 4.90 Å². The van der Waals surface area contributed by atoms with Gasteiger partial charge in [0.1, 0.15) is 0 Å². The number of imidazole rings is 1. The van der Waals surface area contributed by atoms with E-state index in [0.717, 1.165) is 12.0 Å². The van der Waals surface area contributed by atoms with Crippen molar-refractivity contribution in [2.75, 3.05) is 18.4 Å². The van der Waals surface area contributed by atoms with Crippen LogP contribution in [0.5, 0.6) is 0 Å². The van der Waals surface area contributed by atoms with Gasteiger partial charge >= 0.3 is 0 Å². The highest BCUT2D eigenvalue weighted by Crippen LogP contribution is 2.37. The van der Waals surface area contributed by atoms with Crippen molar-refractivity contribution in [2.24, 2.45) is 0 Å². The molecule has 0 amide bonds. The highest BCUT2D eigenvalue weighted by molar-refractivity contribution is 5.29. The highest BCUT2D eigenvalue weighted by atomic mass is 15.3. The summed E-state index contributed by atoms with van der Waals surface area (Å²) in [6, 6.07) is 2.05. The molecule has 1 saturated carbocycles. The van der Waals surface area contributed by atoms with Crippen molar-refractivity contribution in [1.82, 2.24) is 14.5 Å². The van der Waals surface area contributed by atoms with Crippen molar-refractivity contribution >= 4 is 5.95 Å². The van der Waals surface area contributed by atoms with Crippen LogP contribution in [0.2, 0.25) is 0 Å². The molecule has 2 atom stereocenters. The monoisotopic (exact) mass is 274 g/mol. The molecule has 0 radical (unpaired) electrons. The van der Waals surface area contributed by atoms with Crippen LogP contribution in [0.15, 0.2) is 12.4 Å². The molecule has 1 aromatic heterocycles. The Bertz CT molecular complexity index is 449. The fraction of sp³-hybridized carbons (Fsp3) is 0.812. The number of anilines is 1. The molecule has 0 spiro atoms. The summed E-state index contributed by atoms with van der Waals surface area (Å²) >= 11 is 0. The standard InChI is InChI=1S/C16H26N4/c1-2-5-13(6-3-1)18-16-17-9-12-20(16)15-8-11-19-10-4-7-14(15)19/h9,12-15H,1-8,10-11H2,(H,17,18). The van der Waals surface area contributed by atoms with E-state index in [1.54, 1.807) is 0 Å². The van der Waals surface area contributed by atoms with E-state index < -0.39 is 0 Å². The van der Waals surface area contributed by atoms with Crippen LogP contribution in [-0.2, 0) is 0 Å². The van der Waals surface area contributed by atoms with E-state index >= 15 is 0 Å². The number of rotatable bonds is 3. The maximum atomic E-state index is 4.60. The van der Waals surface area contributed by atoms with Crippen LogP contribution >= 0.6 is 0 Å². The van der Waals surface area contributed by atoms with E-state index in [9.17, 15) is 0 Å². The first-order valence-electron chi connectivity index (χ1n) is 8.45. The van der Waals surface area contributed by atoms with Gasteiger partial charge in [0, 0.05) is 31.0 Å². The number of fused-ring (bicyclic) bond motifs is 1. The summed E-state index contributed by atoms with van der Waals surface area (Å²) in [5.41, 5.74) is 0. The third-order valence-electron chi connectivity index (χ3n) is 5.53. The average Bonchev–Trinajstić information content (AvgIpc) is 3.15. The first kappa shape index (κ1) is 12.7. The van der Waals surface area contributed by atoms with Gasteiger partial charge in [0.25, 0.3) is 0 Å². The van der Waals surface area contributed by atoms with E-state index in [4.69, 9.17) is 0 Å². The van der Waals surface area contributed by atoms with Gasteiger partial charge < -0.3 is 9.88 Å². The van der Waals surface area contributed by atoms with Gasteiger partial charge in [0.15, 0.2) is 0 Å². The Labute approximate surface area is 121 Å². The molecule has 4 rings (SSSR count). The minimum Gasteiger partial charge on any atom is -0.353 e. The molecule has 3 aliphatic rings. The van der Waals surface area contributed by atoms with E-state index in [1.165, 1.54) is 64.5 Å². The molecule has 20 heavy (non-hydrogen) atoms. The first-order valence-corrected chi connectivity index (χ1v) is 8.45. The summed E-state index contributed by atoms with van der Waals surface area (Å²) in [7, 11) is 0. The predicted octanol–water partition coefficient (Wildman–Crippen LogP) is 3.04. The third-order valence-corrected chi connectivity index (χ3v) is 5.53. The zero-order chi connectivity index (χ0) is 13.4. The number of hydrogen-bond acceptors (Lipinski definition) is 3. The van der Waals surface area contributed by atoms with Crippen LogP contribution in [0, 0.1) is 0 Å². The number of nitrogens with zero attached hydrogens (tertiary/aromatic N) is 3. The maximum Gasteiger partial charge on any atom is 0.203 e. The van der Waals surface area contributed by atoms with Crippen molar-refractivity contribution < 1.29 is 0 Å². The second kappa shape index (κ2) is 5.40. The average molecular weight is 274 g/mol. The largest absolute Gasteiger partial charge is 0.353 e. The summed E-state index contributed by atoms with van der Waals surface area (Å²) in [6.45, 7) is 2.58. The van der Waals surface area contributed by atoms with Gasteiger partial charge in [0.05, 0.1) is 6.04 Å². The molecule has 3 heterocycles. The normalized spacial score (nSPS) is 31.6. The molecule has 0 aromatic carbocycles. The van der Waals surface area contributed by atoms with Gasteiger partial charge in [-0.2, -0.15) is 0 Å². The molecule has 1 aliphatic carbocycles. The molecule has 2 saturated heterocycles. The molecule has 3 fully saturated rings. The van der Waals surface area contributed by atoms with Crippen LogP contribution in [0.25, 0.3) is 0 Å². The summed E-state index contributed by atoms with van der Waals surface area (Å²) in [4.78, 5) is 7.28. The van der Waals surface area contributed by atoms with E-state index in [-0.39, 0.29) is 0 Å². The molecule has 0 bridgehead atoms. The van der Waals surface area contributed by atoms with Crippen molar-refractivity contribution in [3.63, 3.8) is 0 Å². The van der Waals surface area contributed by atoms with Crippen LogP contribution in [-0.4, -0.2) is 39.6 Å². The molecule has 2 unspecified atom stereocenters. The van der Waals surface area contributed by atoms with Gasteiger partial charge in [-0.25, -0.2) is 4.98 Å². The molecular formula is C16H26N4. The van der Waals surface area contributed by atoms with Crippen LogP contribution < -0.4 is 5.32 Å². The molecule has 1 N–H and O–H groups in total. The van der Waals surface area contributed by atoms with Crippen molar-refractivity contribution in [2.45, 2.75) is 69.5 Å². The molecule has 2 aliphatic heterocycles. The SMILES string of the molecule is c1cn(C2CCN3CCCC23)c(NC2CCCCC2)n1. The molecule has 4 nitrogen and oxygen atoms in total. The molecule has 110 valence electrons. The summed E-state index contributed by atoms with van der Waals surface area (Å²) < 4.78 is 2.44. The predicted molar refractivity (Wildman–Crippen MR) is 81.0 cm³/mol. The smallest absolute Gasteiger partial charge is 0.203 e. The Morgan fingerprint density at radius 3 is 2.75 bits per heavy atom. The van der Waals surface area contributed by atoms with E-state index in [2.05, 4.69) is 26.0 Å². The van der Waals surface area contributed by atoms with E-state index in [1.807, 2.05) is 6.20 Å². The summed E-state index contributed by atoms with van der Waals surface area (Å²) in [5.74, 6) is 1.12. The third kappa shape index (κ3) is 2.24. The lowest BCUT2D eigenvalue weighted by molar-refractivity contribution is 0.290. The van der Waals surface area contributed by atoms with Crippen LogP contribution in [0.4, 0.5) is 5.95 Å². The fourth-order valence-electron chi connectivity index (χ4n) is 4.50. The van der Waals surface area contributed by atoms with E-state index in [0.29, 0.717) is 12.1 Å².